The molecule has 0 aliphatic heterocycles. The van der Waals surface area contributed by atoms with Gasteiger partial charge in [0.25, 0.3) is 10.0 Å². The first-order valence-electron chi connectivity index (χ1n) is 7.51. The predicted octanol–water partition coefficient (Wildman–Crippen LogP) is 2.48. The van der Waals surface area contributed by atoms with Gasteiger partial charge in [-0.1, -0.05) is 17.7 Å². The van der Waals surface area contributed by atoms with E-state index in [1.807, 2.05) is 6.92 Å². The molecule has 0 bridgehead atoms. The van der Waals surface area contributed by atoms with Crippen LogP contribution in [0.5, 0.6) is 0 Å². The molecule has 1 amide bonds. The summed E-state index contributed by atoms with van der Waals surface area (Å²) in [6.07, 6.45) is 1.46. The third-order valence-corrected chi connectivity index (χ3v) is 5.42. The fourth-order valence-corrected chi connectivity index (χ4v) is 3.72. The van der Waals surface area contributed by atoms with Gasteiger partial charge in [0.05, 0.1) is 11.1 Å². The van der Waals surface area contributed by atoms with E-state index in [-0.39, 0.29) is 22.9 Å². The van der Waals surface area contributed by atoms with Crippen molar-refractivity contribution in [2.75, 3.05) is 11.4 Å². The molecular weight excluding hydrogens is 344 g/mol. The van der Waals surface area contributed by atoms with Crippen LogP contribution in [0.2, 0.25) is 0 Å². The molecule has 0 atom stereocenters. The zero-order valence-electron chi connectivity index (χ0n) is 13.6. The van der Waals surface area contributed by atoms with Gasteiger partial charge in [-0.3, -0.25) is 4.90 Å². The van der Waals surface area contributed by atoms with Gasteiger partial charge < -0.3 is 5.11 Å². The first-order valence-corrected chi connectivity index (χ1v) is 8.95. The Morgan fingerprint density at radius 2 is 1.92 bits per heavy atom. The number of carbonyl (C=O) groups is 1. The monoisotopic (exact) mass is 360 g/mol. The number of nitrogens with zero attached hydrogens (tertiary/aromatic N) is 4. The van der Waals surface area contributed by atoms with Crippen molar-refractivity contribution in [2.24, 2.45) is 0 Å². The zero-order chi connectivity index (χ0) is 18.2. The highest BCUT2D eigenvalue weighted by Crippen LogP contribution is 2.22. The molecule has 0 aliphatic carbocycles. The van der Waals surface area contributed by atoms with Gasteiger partial charge in [-0.15, -0.1) is 0 Å². The van der Waals surface area contributed by atoms with Crippen LogP contribution in [0.1, 0.15) is 12.5 Å². The molecule has 2 aromatic heterocycles. The molecule has 1 aromatic carbocycles. The molecule has 0 saturated carbocycles. The highest BCUT2D eigenvalue weighted by atomic mass is 32.2. The lowest BCUT2D eigenvalue weighted by Crippen LogP contribution is -2.29. The van der Waals surface area contributed by atoms with Crippen LogP contribution in [-0.4, -0.2) is 40.1 Å². The second kappa shape index (κ2) is 6.17. The summed E-state index contributed by atoms with van der Waals surface area (Å²) in [5, 5.41) is 9.16. The van der Waals surface area contributed by atoms with Crippen LogP contribution in [0.25, 0.3) is 11.2 Å². The van der Waals surface area contributed by atoms with Gasteiger partial charge in [0.15, 0.2) is 11.5 Å². The minimum absolute atomic E-state index is 0.141. The summed E-state index contributed by atoms with van der Waals surface area (Å²) in [5.74, 6) is 0.146. The number of aromatic nitrogens is 3. The molecular formula is C16H16N4O4S. The first-order chi connectivity index (χ1) is 11.8. The lowest BCUT2D eigenvalue weighted by atomic mass is 10.2. The fraction of sp³-hybridized carbons (Fsp3) is 0.188. The predicted molar refractivity (Wildman–Crippen MR) is 92.3 cm³/mol. The Balaban J connectivity index is 2.10. The molecule has 130 valence electrons. The Bertz CT molecular complexity index is 1040. The molecule has 2 heterocycles. The molecule has 0 saturated heterocycles. The standard InChI is InChI=1S/C16H16N4O4S/c1-3-19(16(21)22)14-10-17-15-13(18-14)8-9-20(15)25(23,24)12-6-4-11(2)5-7-12/h4-10H,3H2,1-2H3,(H,21,22). The normalized spacial score (nSPS) is 11.6. The maximum Gasteiger partial charge on any atom is 0.413 e. The van der Waals surface area contributed by atoms with Gasteiger partial charge in [0, 0.05) is 12.7 Å². The number of benzene rings is 1. The van der Waals surface area contributed by atoms with Crippen LogP contribution in [0, 0.1) is 6.92 Å². The average molecular weight is 360 g/mol. The summed E-state index contributed by atoms with van der Waals surface area (Å²) in [6.45, 7) is 3.75. The van der Waals surface area contributed by atoms with E-state index in [1.54, 1.807) is 19.1 Å². The molecule has 1 N–H and O–H groups in total. The molecule has 3 rings (SSSR count). The van der Waals surface area contributed by atoms with Crippen molar-refractivity contribution in [1.29, 1.82) is 0 Å². The van der Waals surface area contributed by atoms with E-state index >= 15 is 0 Å². The van der Waals surface area contributed by atoms with Crippen molar-refractivity contribution in [1.82, 2.24) is 13.9 Å². The third-order valence-electron chi connectivity index (χ3n) is 3.74. The van der Waals surface area contributed by atoms with E-state index in [4.69, 9.17) is 5.11 Å². The highest BCUT2D eigenvalue weighted by molar-refractivity contribution is 7.90. The van der Waals surface area contributed by atoms with Crippen LogP contribution in [0.3, 0.4) is 0 Å². The highest BCUT2D eigenvalue weighted by Gasteiger charge is 2.21. The second-order valence-electron chi connectivity index (χ2n) is 5.39. The minimum atomic E-state index is -3.81. The fourth-order valence-electron chi connectivity index (χ4n) is 2.42. The number of rotatable bonds is 4. The number of carboxylic acid groups (broad SMARTS) is 1. The Morgan fingerprint density at radius 3 is 2.52 bits per heavy atom. The van der Waals surface area contributed by atoms with Gasteiger partial charge in [0.2, 0.25) is 0 Å². The molecule has 9 heteroatoms. The Labute approximate surface area is 144 Å². The van der Waals surface area contributed by atoms with Crippen molar-refractivity contribution >= 4 is 33.1 Å². The lowest BCUT2D eigenvalue weighted by Gasteiger charge is -2.15. The quantitative estimate of drug-likeness (QED) is 0.766. The maximum atomic E-state index is 12.8. The van der Waals surface area contributed by atoms with Crippen molar-refractivity contribution < 1.29 is 18.3 Å². The van der Waals surface area contributed by atoms with E-state index < -0.39 is 16.1 Å². The summed E-state index contributed by atoms with van der Waals surface area (Å²) in [4.78, 5) is 20.7. The Morgan fingerprint density at radius 1 is 1.24 bits per heavy atom. The van der Waals surface area contributed by atoms with Crippen molar-refractivity contribution in [3.8, 4) is 0 Å². The Hall–Kier alpha value is -2.94. The summed E-state index contributed by atoms with van der Waals surface area (Å²) >= 11 is 0. The first kappa shape index (κ1) is 16.9. The number of hydrogen-bond acceptors (Lipinski definition) is 5. The number of anilines is 1. The topological polar surface area (TPSA) is 105 Å². The largest absolute Gasteiger partial charge is 0.465 e. The maximum absolute atomic E-state index is 12.8. The van der Waals surface area contributed by atoms with E-state index in [2.05, 4.69) is 9.97 Å². The number of hydrogen-bond donors (Lipinski definition) is 1. The van der Waals surface area contributed by atoms with Crippen LogP contribution < -0.4 is 4.90 Å². The SMILES string of the molecule is CCN(C(=O)O)c1cnc2c(ccn2S(=O)(=O)c2ccc(C)cc2)n1. The summed E-state index contributed by atoms with van der Waals surface area (Å²) in [6, 6.07) is 7.99. The summed E-state index contributed by atoms with van der Waals surface area (Å²) < 4.78 is 26.6. The van der Waals surface area contributed by atoms with Crippen LogP contribution in [0.15, 0.2) is 47.6 Å². The lowest BCUT2D eigenvalue weighted by molar-refractivity contribution is 0.202. The van der Waals surface area contributed by atoms with E-state index in [0.29, 0.717) is 5.52 Å². The summed E-state index contributed by atoms with van der Waals surface area (Å²) in [7, 11) is -3.81. The van der Waals surface area contributed by atoms with Gasteiger partial charge in [-0.25, -0.2) is 27.2 Å². The van der Waals surface area contributed by atoms with Gasteiger partial charge >= 0.3 is 6.09 Å². The van der Waals surface area contributed by atoms with Crippen LogP contribution in [0.4, 0.5) is 10.6 Å². The van der Waals surface area contributed by atoms with Crippen LogP contribution in [-0.2, 0) is 10.0 Å². The van der Waals surface area contributed by atoms with Crippen molar-refractivity contribution in [2.45, 2.75) is 18.7 Å². The van der Waals surface area contributed by atoms with Gasteiger partial charge in [-0.2, -0.15) is 0 Å². The van der Waals surface area contributed by atoms with E-state index in [1.165, 1.54) is 30.6 Å². The van der Waals surface area contributed by atoms with Gasteiger partial charge in [-0.05, 0) is 32.0 Å². The van der Waals surface area contributed by atoms with E-state index in [9.17, 15) is 13.2 Å². The summed E-state index contributed by atoms with van der Waals surface area (Å²) in [5.41, 5.74) is 1.40. The molecule has 25 heavy (non-hydrogen) atoms. The number of amides is 1. The second-order valence-corrected chi connectivity index (χ2v) is 7.21. The minimum Gasteiger partial charge on any atom is -0.465 e. The zero-order valence-corrected chi connectivity index (χ0v) is 14.4. The van der Waals surface area contributed by atoms with Crippen molar-refractivity contribution in [3.05, 3.63) is 48.3 Å². The van der Waals surface area contributed by atoms with Crippen LogP contribution >= 0.6 is 0 Å². The van der Waals surface area contributed by atoms with Crippen molar-refractivity contribution in [3.63, 3.8) is 0 Å². The molecule has 0 spiro atoms. The smallest absolute Gasteiger partial charge is 0.413 e. The Kier molecular flexibility index (Phi) is 4.17. The van der Waals surface area contributed by atoms with E-state index in [0.717, 1.165) is 14.4 Å². The average Bonchev–Trinajstić information content (AvgIpc) is 2.99. The van der Waals surface area contributed by atoms with Gasteiger partial charge in [0.1, 0.15) is 5.52 Å². The number of fused-ring (bicyclic) bond motifs is 1. The molecule has 8 nitrogen and oxygen atoms in total. The molecule has 3 aromatic rings. The molecule has 0 aliphatic rings. The molecule has 0 unspecified atom stereocenters. The number of aryl methyl sites for hydroxylation is 1. The third kappa shape index (κ3) is 2.93. The molecule has 0 fully saturated rings. The molecule has 0 radical (unpaired) electrons.